The number of nitrogens with zero attached hydrogens (tertiary/aromatic N) is 3. The van der Waals surface area contributed by atoms with Crippen LogP contribution >= 0.6 is 23.1 Å². The van der Waals surface area contributed by atoms with Crippen LogP contribution in [0.3, 0.4) is 0 Å². The van der Waals surface area contributed by atoms with Crippen LogP contribution < -0.4 is 0 Å². The molecule has 0 aliphatic rings. The monoisotopic (exact) mass is 355 g/mol. The minimum Gasteiger partial charge on any atom is -0.462 e. The van der Waals surface area contributed by atoms with E-state index in [2.05, 4.69) is 15.2 Å². The molecule has 4 aromatic rings. The van der Waals surface area contributed by atoms with Gasteiger partial charge in [-0.1, -0.05) is 42.1 Å². The first-order valence-corrected chi connectivity index (χ1v) is 9.21. The molecule has 3 heterocycles. The fourth-order valence-corrected chi connectivity index (χ4v) is 3.73. The van der Waals surface area contributed by atoms with E-state index in [9.17, 15) is 0 Å². The van der Waals surface area contributed by atoms with E-state index in [4.69, 9.17) is 8.83 Å². The normalized spacial score (nSPS) is 11.0. The summed E-state index contributed by atoms with van der Waals surface area (Å²) in [6.07, 6.45) is 2.30. The molecule has 0 N–H and O–H groups in total. The molecule has 0 fully saturated rings. The molecule has 0 amide bonds. The van der Waals surface area contributed by atoms with Crippen molar-refractivity contribution in [3.05, 3.63) is 71.3 Å². The number of thioether (sulfide) groups is 1. The fourth-order valence-electron chi connectivity index (χ4n) is 2.16. The first-order valence-electron chi connectivity index (χ1n) is 7.34. The molecule has 0 aliphatic heterocycles. The molecule has 0 saturated carbocycles. The zero-order valence-corrected chi connectivity index (χ0v) is 14.2. The molecule has 4 rings (SSSR count). The van der Waals surface area contributed by atoms with Gasteiger partial charge in [-0.2, -0.15) is 0 Å². The van der Waals surface area contributed by atoms with Gasteiger partial charge in [0.15, 0.2) is 10.8 Å². The Hall–Kier alpha value is -2.38. The molecule has 24 heavy (non-hydrogen) atoms. The van der Waals surface area contributed by atoms with E-state index in [0.717, 1.165) is 22.0 Å². The zero-order chi connectivity index (χ0) is 16.2. The summed E-state index contributed by atoms with van der Waals surface area (Å²) in [5.74, 6) is 2.10. The summed E-state index contributed by atoms with van der Waals surface area (Å²) in [7, 11) is 0. The second-order valence-electron chi connectivity index (χ2n) is 5.03. The van der Waals surface area contributed by atoms with Gasteiger partial charge >= 0.3 is 0 Å². The predicted molar refractivity (Wildman–Crippen MR) is 92.9 cm³/mol. The Balaban J connectivity index is 1.36. The highest BCUT2D eigenvalue weighted by molar-refractivity contribution is 7.98. The van der Waals surface area contributed by atoms with Gasteiger partial charge in [-0.3, -0.25) is 0 Å². The van der Waals surface area contributed by atoms with Crippen LogP contribution in [0, 0.1) is 0 Å². The van der Waals surface area contributed by atoms with Gasteiger partial charge < -0.3 is 8.83 Å². The Bertz CT molecular complexity index is 901. The van der Waals surface area contributed by atoms with Gasteiger partial charge in [0.2, 0.25) is 5.89 Å². The Kier molecular flexibility index (Phi) is 4.44. The fraction of sp³-hybridized carbons (Fsp3) is 0.118. The molecule has 0 aliphatic carbocycles. The number of hydrogen-bond acceptors (Lipinski definition) is 7. The average Bonchev–Trinajstić information content (AvgIpc) is 3.35. The van der Waals surface area contributed by atoms with Crippen LogP contribution in [-0.2, 0) is 12.2 Å². The summed E-state index contributed by atoms with van der Waals surface area (Å²) in [5, 5.41) is 11.7. The molecule has 120 valence electrons. The first-order chi connectivity index (χ1) is 11.9. The summed E-state index contributed by atoms with van der Waals surface area (Å²) >= 11 is 3.05. The maximum Gasteiger partial charge on any atom is 0.276 e. The number of rotatable bonds is 6. The van der Waals surface area contributed by atoms with E-state index < -0.39 is 0 Å². The lowest BCUT2D eigenvalue weighted by Gasteiger charge is -1.95. The Morgan fingerprint density at radius 1 is 1.04 bits per heavy atom. The molecule has 1 aromatic carbocycles. The van der Waals surface area contributed by atoms with Crippen LogP contribution in [0.2, 0.25) is 0 Å². The van der Waals surface area contributed by atoms with Crippen molar-refractivity contribution in [3.8, 4) is 10.8 Å². The maximum atomic E-state index is 5.69. The van der Waals surface area contributed by atoms with Crippen LogP contribution in [0.15, 0.2) is 68.2 Å². The highest BCUT2D eigenvalue weighted by atomic mass is 32.2. The minimum absolute atomic E-state index is 0.563. The highest BCUT2D eigenvalue weighted by Gasteiger charge is 2.11. The van der Waals surface area contributed by atoms with Gasteiger partial charge in [0.25, 0.3) is 5.22 Å². The molecule has 5 nitrogen and oxygen atoms in total. The molecular formula is C17H13N3O2S2. The third kappa shape index (κ3) is 3.58. The molecule has 7 heteroatoms. The van der Waals surface area contributed by atoms with Crippen LogP contribution in [-0.4, -0.2) is 15.2 Å². The van der Waals surface area contributed by atoms with Gasteiger partial charge in [-0.15, -0.1) is 21.5 Å². The first kappa shape index (κ1) is 15.2. The van der Waals surface area contributed by atoms with Gasteiger partial charge in [-0.25, -0.2) is 4.98 Å². The topological polar surface area (TPSA) is 65.0 Å². The van der Waals surface area contributed by atoms with Crippen LogP contribution in [0.5, 0.6) is 0 Å². The summed E-state index contributed by atoms with van der Waals surface area (Å²) in [4.78, 5) is 4.56. The lowest BCUT2D eigenvalue weighted by atomic mass is 10.2. The van der Waals surface area contributed by atoms with Crippen molar-refractivity contribution in [2.24, 2.45) is 0 Å². The number of furan rings is 1. The van der Waals surface area contributed by atoms with Crippen molar-refractivity contribution in [1.82, 2.24) is 15.2 Å². The Labute approximate surface area is 146 Å². The SMILES string of the molecule is c1ccc(Cc2nnc(SCc3csc(-c4ccco4)n3)o2)cc1. The third-order valence-electron chi connectivity index (χ3n) is 3.27. The summed E-state index contributed by atoms with van der Waals surface area (Å²) < 4.78 is 11.0. The van der Waals surface area contributed by atoms with E-state index in [0.29, 0.717) is 23.3 Å². The Morgan fingerprint density at radius 2 is 1.96 bits per heavy atom. The lowest BCUT2D eigenvalue weighted by molar-refractivity contribution is 0.420. The molecule has 0 saturated heterocycles. The smallest absolute Gasteiger partial charge is 0.276 e. The molecule has 3 aromatic heterocycles. The lowest BCUT2D eigenvalue weighted by Crippen LogP contribution is -1.87. The van der Waals surface area contributed by atoms with Crippen molar-refractivity contribution in [3.63, 3.8) is 0 Å². The maximum absolute atomic E-state index is 5.69. The van der Waals surface area contributed by atoms with Crippen molar-refractivity contribution in [2.75, 3.05) is 0 Å². The van der Waals surface area contributed by atoms with Crippen molar-refractivity contribution in [1.29, 1.82) is 0 Å². The van der Waals surface area contributed by atoms with E-state index in [-0.39, 0.29) is 0 Å². The summed E-state index contributed by atoms with van der Waals surface area (Å²) in [6, 6.07) is 13.8. The van der Waals surface area contributed by atoms with Crippen molar-refractivity contribution in [2.45, 2.75) is 17.4 Å². The molecule has 0 radical (unpaired) electrons. The van der Waals surface area contributed by atoms with Gasteiger partial charge in [0.1, 0.15) is 0 Å². The van der Waals surface area contributed by atoms with E-state index in [1.165, 1.54) is 11.8 Å². The average molecular weight is 355 g/mol. The molecule has 0 unspecified atom stereocenters. The van der Waals surface area contributed by atoms with Gasteiger partial charge in [-0.05, 0) is 17.7 Å². The molecule has 0 atom stereocenters. The number of aromatic nitrogens is 3. The second kappa shape index (κ2) is 7.02. The Morgan fingerprint density at radius 3 is 2.79 bits per heavy atom. The van der Waals surface area contributed by atoms with Crippen LogP contribution in [0.4, 0.5) is 0 Å². The van der Waals surface area contributed by atoms with Gasteiger partial charge in [0.05, 0.1) is 18.4 Å². The molecule has 0 spiro atoms. The third-order valence-corrected chi connectivity index (χ3v) is 5.03. The van der Waals surface area contributed by atoms with Crippen LogP contribution in [0.1, 0.15) is 17.1 Å². The zero-order valence-electron chi connectivity index (χ0n) is 12.6. The summed E-state index contributed by atoms with van der Waals surface area (Å²) in [5.41, 5.74) is 2.12. The number of benzene rings is 1. The number of hydrogen-bond donors (Lipinski definition) is 0. The van der Waals surface area contributed by atoms with E-state index >= 15 is 0 Å². The van der Waals surface area contributed by atoms with Crippen molar-refractivity contribution < 1.29 is 8.83 Å². The molecule has 0 bridgehead atoms. The number of thiazole rings is 1. The van der Waals surface area contributed by atoms with E-state index in [1.54, 1.807) is 17.6 Å². The van der Waals surface area contributed by atoms with Crippen molar-refractivity contribution >= 4 is 23.1 Å². The predicted octanol–water partition coefficient (Wildman–Crippen LogP) is 4.67. The summed E-state index contributed by atoms with van der Waals surface area (Å²) in [6.45, 7) is 0. The highest BCUT2D eigenvalue weighted by Crippen LogP contribution is 2.27. The minimum atomic E-state index is 0.563. The quantitative estimate of drug-likeness (QED) is 0.468. The van der Waals surface area contributed by atoms with E-state index in [1.807, 2.05) is 47.8 Å². The molecular weight excluding hydrogens is 342 g/mol. The second-order valence-corrected chi connectivity index (χ2v) is 6.82. The van der Waals surface area contributed by atoms with Crippen LogP contribution in [0.25, 0.3) is 10.8 Å². The standard InChI is InChI=1S/C17H13N3O2S2/c1-2-5-12(6-3-1)9-15-19-20-17(22-15)24-11-13-10-23-16(18-13)14-7-4-8-21-14/h1-8,10H,9,11H2. The van der Waals surface area contributed by atoms with Gasteiger partial charge in [0, 0.05) is 11.1 Å². The largest absolute Gasteiger partial charge is 0.462 e.